The fourth-order valence-electron chi connectivity index (χ4n) is 4.04. The Balaban J connectivity index is 0.00000338. The fourth-order valence-corrected chi connectivity index (χ4v) is 4.04. The van der Waals surface area contributed by atoms with Crippen molar-refractivity contribution >= 4 is 18.3 Å². The second-order valence-electron chi connectivity index (χ2n) is 8.03. The number of hydrogen-bond donors (Lipinski definition) is 2. The van der Waals surface area contributed by atoms with Crippen molar-refractivity contribution in [3.63, 3.8) is 0 Å². The van der Waals surface area contributed by atoms with Crippen molar-refractivity contribution < 1.29 is 4.79 Å². The van der Waals surface area contributed by atoms with E-state index in [1.165, 1.54) is 43.4 Å². The minimum absolute atomic E-state index is 0. The second-order valence-corrected chi connectivity index (χ2v) is 8.03. The molecular weight excluding hydrogens is 348 g/mol. The smallest absolute Gasteiger partial charge is 0.220 e. The Morgan fingerprint density at radius 3 is 2.50 bits per heavy atom. The second kappa shape index (κ2) is 10.9. The van der Waals surface area contributed by atoms with Gasteiger partial charge in [0.2, 0.25) is 5.91 Å². The van der Waals surface area contributed by atoms with Crippen LogP contribution < -0.4 is 11.1 Å². The monoisotopic (exact) mass is 384 g/mol. The van der Waals surface area contributed by atoms with E-state index >= 15 is 0 Å². The van der Waals surface area contributed by atoms with Gasteiger partial charge in [0.1, 0.15) is 0 Å². The molecule has 1 atom stereocenters. The van der Waals surface area contributed by atoms with Crippen LogP contribution in [0.1, 0.15) is 69.3 Å². The van der Waals surface area contributed by atoms with Crippen molar-refractivity contribution in [2.75, 3.05) is 6.54 Å². The van der Waals surface area contributed by atoms with Crippen LogP contribution in [0, 0.1) is 25.7 Å². The summed E-state index contributed by atoms with van der Waals surface area (Å²) in [5.74, 6) is 1.24. The highest BCUT2D eigenvalue weighted by Crippen LogP contribution is 2.26. The maximum absolute atomic E-state index is 12.4. The van der Waals surface area contributed by atoms with Crippen molar-refractivity contribution in [2.45, 2.75) is 85.2 Å². The highest BCUT2D eigenvalue weighted by atomic mass is 35.5. The van der Waals surface area contributed by atoms with E-state index in [-0.39, 0.29) is 24.4 Å². The summed E-state index contributed by atoms with van der Waals surface area (Å²) in [7, 11) is 0. The quantitative estimate of drug-likeness (QED) is 0.719. The summed E-state index contributed by atoms with van der Waals surface area (Å²) in [6.45, 7) is 10.0. The number of rotatable bonds is 8. The first-order valence-electron chi connectivity index (χ1n) is 9.94. The molecule has 5 nitrogen and oxygen atoms in total. The molecule has 0 aromatic carbocycles. The van der Waals surface area contributed by atoms with Crippen LogP contribution in [0.2, 0.25) is 0 Å². The van der Waals surface area contributed by atoms with Gasteiger partial charge >= 0.3 is 0 Å². The van der Waals surface area contributed by atoms with Gasteiger partial charge in [-0.2, -0.15) is 5.10 Å². The van der Waals surface area contributed by atoms with Gasteiger partial charge < -0.3 is 11.1 Å². The van der Waals surface area contributed by atoms with Gasteiger partial charge in [-0.3, -0.25) is 9.48 Å². The number of carbonyl (C=O) groups excluding carboxylic acids is 1. The minimum atomic E-state index is 0. The molecule has 26 heavy (non-hydrogen) atoms. The molecule has 150 valence electrons. The lowest BCUT2D eigenvalue weighted by Gasteiger charge is -2.30. The maximum Gasteiger partial charge on any atom is 0.220 e. The number of nitrogens with one attached hydrogen (secondary N) is 1. The van der Waals surface area contributed by atoms with E-state index in [4.69, 9.17) is 5.73 Å². The van der Waals surface area contributed by atoms with Gasteiger partial charge in [0.15, 0.2) is 0 Å². The maximum atomic E-state index is 12.4. The van der Waals surface area contributed by atoms with Crippen LogP contribution in [-0.4, -0.2) is 28.3 Å². The number of amides is 1. The van der Waals surface area contributed by atoms with E-state index in [0.29, 0.717) is 24.8 Å². The minimum Gasteiger partial charge on any atom is -0.352 e. The number of aryl methyl sites for hydroxylation is 1. The zero-order valence-corrected chi connectivity index (χ0v) is 17.7. The molecule has 1 amide bonds. The van der Waals surface area contributed by atoms with E-state index in [1.807, 2.05) is 6.92 Å². The molecule has 2 rings (SSSR count). The van der Waals surface area contributed by atoms with Crippen molar-refractivity contribution in [3.8, 4) is 0 Å². The van der Waals surface area contributed by atoms with Gasteiger partial charge in [0, 0.05) is 31.2 Å². The van der Waals surface area contributed by atoms with Crippen LogP contribution in [0.25, 0.3) is 0 Å². The molecule has 0 saturated heterocycles. The lowest BCUT2D eigenvalue weighted by Crippen LogP contribution is -2.46. The average molecular weight is 385 g/mol. The van der Waals surface area contributed by atoms with E-state index in [1.54, 1.807) is 0 Å². The first-order valence-corrected chi connectivity index (χ1v) is 9.94. The number of aromatic nitrogens is 2. The summed E-state index contributed by atoms with van der Waals surface area (Å²) in [5, 5.41) is 7.84. The summed E-state index contributed by atoms with van der Waals surface area (Å²) in [5.41, 5.74) is 9.39. The normalized spacial score (nSPS) is 16.4. The first-order chi connectivity index (χ1) is 11.9. The molecule has 0 aliphatic heterocycles. The van der Waals surface area contributed by atoms with Crippen LogP contribution in [0.5, 0.6) is 0 Å². The zero-order valence-electron chi connectivity index (χ0n) is 16.9. The van der Waals surface area contributed by atoms with Crippen molar-refractivity contribution in [1.82, 2.24) is 15.1 Å². The van der Waals surface area contributed by atoms with E-state index < -0.39 is 0 Å². The highest BCUT2D eigenvalue weighted by molar-refractivity contribution is 5.85. The molecule has 0 radical (unpaired) electrons. The van der Waals surface area contributed by atoms with Crippen LogP contribution >= 0.6 is 12.4 Å². The van der Waals surface area contributed by atoms with Crippen molar-refractivity contribution in [1.29, 1.82) is 0 Å². The summed E-state index contributed by atoms with van der Waals surface area (Å²) >= 11 is 0. The number of nitrogens with two attached hydrogens (primary N) is 1. The van der Waals surface area contributed by atoms with Gasteiger partial charge in [-0.15, -0.1) is 12.4 Å². The van der Waals surface area contributed by atoms with Gasteiger partial charge in [-0.25, -0.2) is 0 Å². The Bertz CT molecular complexity index is 564. The molecule has 1 aromatic rings. The number of carbonyl (C=O) groups is 1. The van der Waals surface area contributed by atoms with E-state index in [2.05, 4.69) is 35.9 Å². The molecule has 1 saturated carbocycles. The number of halogens is 1. The Morgan fingerprint density at radius 2 is 1.92 bits per heavy atom. The zero-order chi connectivity index (χ0) is 18.4. The van der Waals surface area contributed by atoms with Gasteiger partial charge in [0.25, 0.3) is 0 Å². The van der Waals surface area contributed by atoms with E-state index in [0.717, 1.165) is 18.7 Å². The third-order valence-corrected chi connectivity index (χ3v) is 5.49. The summed E-state index contributed by atoms with van der Waals surface area (Å²) in [6.07, 6.45) is 7.52. The Labute approximate surface area is 164 Å². The Kier molecular flexibility index (Phi) is 9.66. The predicted molar refractivity (Wildman–Crippen MR) is 110 cm³/mol. The lowest BCUT2D eigenvalue weighted by molar-refractivity contribution is -0.122. The Morgan fingerprint density at radius 1 is 1.27 bits per heavy atom. The van der Waals surface area contributed by atoms with E-state index in [9.17, 15) is 4.79 Å². The molecule has 1 aliphatic carbocycles. The molecule has 6 heteroatoms. The SMILES string of the molecule is Cc1nn(CC(C)C)c(C)c1CCC(=O)NC(CN)C1CCCCC1.Cl. The largest absolute Gasteiger partial charge is 0.352 e. The number of hydrogen-bond acceptors (Lipinski definition) is 3. The molecule has 1 aliphatic rings. The summed E-state index contributed by atoms with van der Waals surface area (Å²) in [4.78, 5) is 12.4. The predicted octanol–water partition coefficient (Wildman–Crippen LogP) is 3.53. The highest BCUT2D eigenvalue weighted by Gasteiger charge is 2.24. The number of nitrogens with zero attached hydrogens (tertiary/aromatic N) is 2. The van der Waals surface area contributed by atoms with Crippen molar-refractivity contribution in [2.24, 2.45) is 17.6 Å². The molecule has 1 heterocycles. The summed E-state index contributed by atoms with van der Waals surface area (Å²) in [6, 6.07) is 0.138. The van der Waals surface area contributed by atoms with Crippen LogP contribution in [0.15, 0.2) is 0 Å². The van der Waals surface area contributed by atoms with Crippen LogP contribution in [-0.2, 0) is 17.8 Å². The molecule has 1 unspecified atom stereocenters. The Hall–Kier alpha value is -1.07. The molecule has 1 fully saturated rings. The fraction of sp³-hybridized carbons (Fsp3) is 0.800. The van der Waals surface area contributed by atoms with Gasteiger partial charge in [-0.05, 0) is 50.5 Å². The first kappa shape index (κ1) is 23.0. The van der Waals surface area contributed by atoms with Crippen molar-refractivity contribution in [3.05, 3.63) is 17.0 Å². The van der Waals surface area contributed by atoms with Crippen LogP contribution in [0.3, 0.4) is 0 Å². The lowest BCUT2D eigenvalue weighted by atomic mass is 9.84. The van der Waals surface area contributed by atoms with Gasteiger partial charge in [0.05, 0.1) is 5.69 Å². The van der Waals surface area contributed by atoms with Gasteiger partial charge in [-0.1, -0.05) is 33.1 Å². The van der Waals surface area contributed by atoms with Crippen LogP contribution in [0.4, 0.5) is 0 Å². The topological polar surface area (TPSA) is 72.9 Å². The third-order valence-electron chi connectivity index (χ3n) is 5.49. The summed E-state index contributed by atoms with van der Waals surface area (Å²) < 4.78 is 2.08. The molecule has 0 bridgehead atoms. The molecule has 1 aromatic heterocycles. The standard InChI is InChI=1S/C20H36N4O.ClH/c1-14(2)13-24-16(4)18(15(3)23-24)10-11-20(25)22-19(12-21)17-8-6-5-7-9-17;/h14,17,19H,5-13,21H2,1-4H3,(H,22,25);1H. The molecular formula is C20H37ClN4O. The molecule has 0 spiro atoms. The molecule has 3 N–H and O–H groups in total. The third kappa shape index (κ3) is 6.27. The average Bonchev–Trinajstić information content (AvgIpc) is 2.84.